The van der Waals surface area contributed by atoms with Gasteiger partial charge < -0.3 is 9.64 Å². The maximum atomic E-state index is 13.0. The molecule has 0 spiro atoms. The van der Waals surface area contributed by atoms with Crippen LogP contribution >= 0.6 is 0 Å². The van der Waals surface area contributed by atoms with Crippen molar-refractivity contribution in [2.45, 2.75) is 45.4 Å². The number of rotatable bonds is 3. The number of carbonyl (C=O) groups excluding carboxylic acids is 2. The van der Waals surface area contributed by atoms with Crippen molar-refractivity contribution < 1.29 is 14.3 Å². The first-order valence-electron chi connectivity index (χ1n) is 8.45. The number of pyridine rings is 1. The Balaban J connectivity index is 1.74. The maximum absolute atomic E-state index is 13.0. The van der Waals surface area contributed by atoms with E-state index in [1.165, 1.54) is 5.56 Å². The predicted molar refractivity (Wildman–Crippen MR) is 85.9 cm³/mol. The zero-order valence-electron chi connectivity index (χ0n) is 13.9. The molecule has 1 aromatic rings. The molecule has 0 saturated carbocycles. The summed E-state index contributed by atoms with van der Waals surface area (Å²) in [7, 11) is 0. The number of carbonyl (C=O) groups is 2. The van der Waals surface area contributed by atoms with E-state index in [2.05, 4.69) is 11.1 Å². The molecule has 2 heterocycles. The molecule has 23 heavy (non-hydrogen) atoms. The van der Waals surface area contributed by atoms with Gasteiger partial charge in [-0.25, -0.2) is 0 Å². The molecule has 1 aliphatic heterocycles. The van der Waals surface area contributed by atoms with Gasteiger partial charge in [0.25, 0.3) is 0 Å². The van der Waals surface area contributed by atoms with E-state index in [1.807, 2.05) is 24.8 Å². The summed E-state index contributed by atoms with van der Waals surface area (Å²) in [4.78, 5) is 31.4. The van der Waals surface area contributed by atoms with Crippen LogP contribution in [0, 0.1) is 5.41 Å². The highest BCUT2D eigenvalue weighted by Gasteiger charge is 2.45. The molecular weight excluding hydrogens is 292 g/mol. The smallest absolute Gasteiger partial charge is 0.313 e. The second kappa shape index (κ2) is 6.30. The third kappa shape index (κ3) is 2.96. The maximum Gasteiger partial charge on any atom is 0.313 e. The summed E-state index contributed by atoms with van der Waals surface area (Å²) in [5, 5.41) is 0. The molecule has 0 bridgehead atoms. The zero-order chi connectivity index (χ0) is 16.4. The third-order valence-corrected chi connectivity index (χ3v) is 5.05. The number of likely N-dealkylation sites (tertiary alicyclic amines) is 1. The van der Waals surface area contributed by atoms with Crippen molar-refractivity contribution in [2.75, 3.05) is 19.7 Å². The SMILES string of the molecule is CCOC(=O)C1(C)CCN(C(=O)C2CCCc3cccnc32)C1. The van der Waals surface area contributed by atoms with Gasteiger partial charge >= 0.3 is 5.97 Å². The predicted octanol–water partition coefficient (Wildman–Crippen LogP) is 2.30. The summed E-state index contributed by atoms with van der Waals surface area (Å²) in [6, 6.07) is 3.99. The zero-order valence-corrected chi connectivity index (χ0v) is 13.9. The van der Waals surface area contributed by atoms with E-state index in [0.717, 1.165) is 25.0 Å². The van der Waals surface area contributed by atoms with E-state index < -0.39 is 5.41 Å². The Morgan fingerprint density at radius 3 is 3.09 bits per heavy atom. The highest BCUT2D eigenvalue weighted by atomic mass is 16.5. The van der Waals surface area contributed by atoms with Crippen molar-refractivity contribution in [3.05, 3.63) is 29.6 Å². The number of hydrogen-bond acceptors (Lipinski definition) is 4. The van der Waals surface area contributed by atoms with Crippen LogP contribution in [-0.2, 0) is 20.7 Å². The molecule has 5 heteroatoms. The second-order valence-electron chi connectivity index (χ2n) is 6.78. The number of ether oxygens (including phenoxy) is 1. The van der Waals surface area contributed by atoms with Crippen LogP contribution in [0.15, 0.2) is 18.3 Å². The van der Waals surface area contributed by atoms with Crippen LogP contribution in [0.1, 0.15) is 50.3 Å². The molecule has 1 saturated heterocycles. The molecule has 0 radical (unpaired) electrons. The van der Waals surface area contributed by atoms with Crippen molar-refractivity contribution in [2.24, 2.45) is 5.41 Å². The van der Waals surface area contributed by atoms with Gasteiger partial charge in [0.05, 0.1) is 23.6 Å². The lowest BCUT2D eigenvalue weighted by molar-refractivity contribution is -0.153. The van der Waals surface area contributed by atoms with Gasteiger partial charge in [-0.1, -0.05) is 6.07 Å². The molecule has 1 aliphatic carbocycles. The average molecular weight is 316 g/mol. The van der Waals surface area contributed by atoms with Gasteiger partial charge in [0, 0.05) is 19.3 Å². The molecule has 2 unspecified atom stereocenters. The number of aryl methyl sites for hydroxylation is 1. The number of amides is 1. The fourth-order valence-corrected chi connectivity index (χ4v) is 3.69. The molecule has 0 aromatic carbocycles. The Bertz CT molecular complexity index is 616. The van der Waals surface area contributed by atoms with Gasteiger partial charge in [0.15, 0.2) is 0 Å². The number of aromatic nitrogens is 1. The van der Waals surface area contributed by atoms with Gasteiger partial charge in [-0.2, -0.15) is 0 Å². The Morgan fingerprint density at radius 2 is 2.30 bits per heavy atom. The summed E-state index contributed by atoms with van der Waals surface area (Å²) >= 11 is 0. The Labute approximate surface area is 137 Å². The Hall–Kier alpha value is -1.91. The van der Waals surface area contributed by atoms with E-state index in [1.54, 1.807) is 6.20 Å². The van der Waals surface area contributed by atoms with Crippen molar-refractivity contribution in [1.29, 1.82) is 0 Å². The quantitative estimate of drug-likeness (QED) is 0.803. The van der Waals surface area contributed by atoms with E-state index in [-0.39, 0.29) is 17.8 Å². The molecule has 5 nitrogen and oxygen atoms in total. The van der Waals surface area contributed by atoms with Crippen LogP contribution in [-0.4, -0.2) is 41.5 Å². The fraction of sp³-hybridized carbons (Fsp3) is 0.611. The largest absolute Gasteiger partial charge is 0.466 e. The van der Waals surface area contributed by atoms with Crippen molar-refractivity contribution in [1.82, 2.24) is 9.88 Å². The van der Waals surface area contributed by atoms with E-state index in [0.29, 0.717) is 26.1 Å². The first-order chi connectivity index (χ1) is 11.0. The number of nitrogens with zero attached hydrogens (tertiary/aromatic N) is 2. The summed E-state index contributed by atoms with van der Waals surface area (Å²) in [6.45, 7) is 5.15. The van der Waals surface area contributed by atoms with Gasteiger partial charge in [0.2, 0.25) is 5.91 Å². The van der Waals surface area contributed by atoms with E-state index in [9.17, 15) is 9.59 Å². The summed E-state index contributed by atoms with van der Waals surface area (Å²) < 4.78 is 5.17. The van der Waals surface area contributed by atoms with Gasteiger partial charge in [-0.3, -0.25) is 14.6 Å². The standard InChI is InChI=1S/C18H24N2O3/c1-3-23-17(22)18(2)9-11-20(12-18)16(21)14-8-4-6-13-7-5-10-19-15(13)14/h5,7,10,14H,3-4,6,8-9,11-12H2,1-2H3. The average Bonchev–Trinajstić information content (AvgIpc) is 2.98. The highest BCUT2D eigenvalue weighted by molar-refractivity contribution is 5.86. The number of fused-ring (bicyclic) bond motifs is 1. The van der Waals surface area contributed by atoms with Gasteiger partial charge in [-0.15, -0.1) is 0 Å². The third-order valence-electron chi connectivity index (χ3n) is 5.05. The molecule has 1 aromatic heterocycles. The van der Waals surface area contributed by atoms with Crippen molar-refractivity contribution in [3.8, 4) is 0 Å². The molecule has 3 rings (SSSR count). The van der Waals surface area contributed by atoms with Gasteiger partial charge in [-0.05, 0) is 51.2 Å². The molecule has 0 N–H and O–H groups in total. The monoisotopic (exact) mass is 316 g/mol. The lowest BCUT2D eigenvalue weighted by atomic mass is 9.85. The molecule has 1 fully saturated rings. The number of hydrogen-bond donors (Lipinski definition) is 0. The van der Waals surface area contributed by atoms with Crippen LogP contribution in [0.4, 0.5) is 0 Å². The lowest BCUT2D eigenvalue weighted by Crippen LogP contribution is -2.39. The first-order valence-corrected chi connectivity index (χ1v) is 8.45. The van der Waals surface area contributed by atoms with Crippen LogP contribution in [0.25, 0.3) is 0 Å². The number of esters is 1. The minimum atomic E-state index is -0.576. The van der Waals surface area contributed by atoms with E-state index >= 15 is 0 Å². The van der Waals surface area contributed by atoms with Crippen LogP contribution in [0.2, 0.25) is 0 Å². The normalized spacial score (nSPS) is 26.7. The molecule has 124 valence electrons. The molecular formula is C18H24N2O3. The van der Waals surface area contributed by atoms with Crippen molar-refractivity contribution >= 4 is 11.9 Å². The first kappa shape index (κ1) is 16.0. The van der Waals surface area contributed by atoms with Crippen LogP contribution in [0.5, 0.6) is 0 Å². The lowest BCUT2D eigenvalue weighted by Gasteiger charge is -2.28. The Morgan fingerprint density at radius 1 is 1.48 bits per heavy atom. The fourth-order valence-electron chi connectivity index (χ4n) is 3.69. The molecule has 2 atom stereocenters. The highest BCUT2D eigenvalue weighted by Crippen LogP contribution is 2.36. The topological polar surface area (TPSA) is 59.5 Å². The minimum absolute atomic E-state index is 0.109. The van der Waals surface area contributed by atoms with Crippen molar-refractivity contribution in [3.63, 3.8) is 0 Å². The minimum Gasteiger partial charge on any atom is -0.466 e. The summed E-state index contributed by atoms with van der Waals surface area (Å²) in [6.07, 6.45) is 5.28. The van der Waals surface area contributed by atoms with Crippen LogP contribution < -0.4 is 0 Å². The summed E-state index contributed by atoms with van der Waals surface area (Å²) in [5.41, 5.74) is 1.53. The second-order valence-corrected chi connectivity index (χ2v) is 6.78. The van der Waals surface area contributed by atoms with E-state index in [4.69, 9.17) is 4.74 Å². The molecule has 1 amide bonds. The summed E-state index contributed by atoms with van der Waals surface area (Å²) in [5.74, 6) is -0.250. The van der Waals surface area contributed by atoms with Crippen LogP contribution in [0.3, 0.4) is 0 Å². The van der Waals surface area contributed by atoms with Gasteiger partial charge in [0.1, 0.15) is 0 Å². The molecule has 2 aliphatic rings. The Kier molecular flexibility index (Phi) is 4.37.